The van der Waals surface area contributed by atoms with Crippen LogP contribution in [0, 0.1) is 6.07 Å². The first-order valence-corrected chi connectivity index (χ1v) is 4.12. The Morgan fingerprint density at radius 3 is 2.40 bits per heavy atom. The van der Waals surface area contributed by atoms with Crippen molar-refractivity contribution in [3.8, 4) is 0 Å². The molecule has 0 unspecified atom stereocenters. The monoisotopic (exact) mass is 216 g/mol. The van der Waals surface area contributed by atoms with Crippen LogP contribution >= 0.6 is 0 Å². The van der Waals surface area contributed by atoms with Crippen LogP contribution in [-0.4, -0.2) is 24.9 Å². The molecular weight excluding hydrogens is 207 g/mol. The molecule has 0 spiro atoms. The van der Waals surface area contributed by atoms with E-state index in [0.29, 0.717) is 0 Å². The van der Waals surface area contributed by atoms with Crippen molar-refractivity contribution in [2.24, 2.45) is 0 Å². The molecule has 5 heteroatoms. The van der Waals surface area contributed by atoms with Gasteiger partial charge in [-0.1, -0.05) is 0 Å². The molecule has 0 bridgehead atoms. The zero-order valence-electron chi connectivity index (χ0n) is 8.22. The minimum Gasteiger partial charge on any atom is -0.345 e. The van der Waals surface area contributed by atoms with Gasteiger partial charge >= 0.3 is 6.18 Å². The SMILES string of the molecule is CN(C)C(=O)c1c[c]cc(C(F)(F)F)c1. The highest BCUT2D eigenvalue weighted by Crippen LogP contribution is 2.29. The maximum atomic E-state index is 12.3. The second-order valence-electron chi connectivity index (χ2n) is 3.21. The first-order chi connectivity index (χ1) is 6.82. The van der Waals surface area contributed by atoms with Crippen molar-refractivity contribution in [2.75, 3.05) is 14.1 Å². The molecule has 1 aromatic carbocycles. The first kappa shape index (κ1) is 11.6. The number of halogens is 3. The number of rotatable bonds is 1. The summed E-state index contributed by atoms with van der Waals surface area (Å²) in [6.45, 7) is 0. The molecule has 1 rings (SSSR count). The molecule has 0 saturated heterocycles. The summed E-state index contributed by atoms with van der Waals surface area (Å²) in [7, 11) is 2.95. The van der Waals surface area contributed by atoms with Crippen molar-refractivity contribution in [2.45, 2.75) is 6.18 Å². The van der Waals surface area contributed by atoms with E-state index in [0.717, 1.165) is 12.1 Å². The van der Waals surface area contributed by atoms with E-state index in [9.17, 15) is 18.0 Å². The highest BCUT2D eigenvalue weighted by atomic mass is 19.4. The van der Waals surface area contributed by atoms with E-state index in [4.69, 9.17) is 0 Å². The van der Waals surface area contributed by atoms with Crippen LogP contribution in [0.15, 0.2) is 18.2 Å². The molecule has 0 fully saturated rings. The second-order valence-corrected chi connectivity index (χ2v) is 3.21. The Hall–Kier alpha value is -1.52. The van der Waals surface area contributed by atoms with Crippen molar-refractivity contribution >= 4 is 5.91 Å². The van der Waals surface area contributed by atoms with Gasteiger partial charge in [0, 0.05) is 19.7 Å². The van der Waals surface area contributed by atoms with Gasteiger partial charge in [-0.05, 0) is 24.3 Å². The van der Waals surface area contributed by atoms with Gasteiger partial charge < -0.3 is 4.90 Å². The number of amides is 1. The third-order valence-corrected chi connectivity index (χ3v) is 1.77. The van der Waals surface area contributed by atoms with Gasteiger partial charge in [0.05, 0.1) is 5.56 Å². The van der Waals surface area contributed by atoms with Crippen LogP contribution in [-0.2, 0) is 6.18 Å². The van der Waals surface area contributed by atoms with E-state index >= 15 is 0 Å². The quantitative estimate of drug-likeness (QED) is 0.704. The van der Waals surface area contributed by atoms with E-state index in [2.05, 4.69) is 6.07 Å². The van der Waals surface area contributed by atoms with Crippen LogP contribution in [0.25, 0.3) is 0 Å². The molecule has 0 aliphatic carbocycles. The topological polar surface area (TPSA) is 20.3 Å². The number of hydrogen-bond donors (Lipinski definition) is 0. The fourth-order valence-electron chi connectivity index (χ4n) is 1.02. The lowest BCUT2D eigenvalue weighted by Crippen LogP contribution is -2.22. The van der Waals surface area contributed by atoms with Crippen molar-refractivity contribution in [1.29, 1.82) is 0 Å². The van der Waals surface area contributed by atoms with Crippen molar-refractivity contribution in [3.05, 3.63) is 35.4 Å². The fraction of sp³-hybridized carbons (Fsp3) is 0.300. The highest BCUT2D eigenvalue weighted by Gasteiger charge is 2.31. The van der Waals surface area contributed by atoms with Gasteiger partial charge in [0.25, 0.3) is 5.91 Å². The number of hydrogen-bond acceptors (Lipinski definition) is 1. The summed E-state index contributed by atoms with van der Waals surface area (Å²) in [6.07, 6.45) is -4.45. The predicted octanol–water partition coefficient (Wildman–Crippen LogP) is 2.21. The van der Waals surface area contributed by atoms with E-state index in [1.54, 1.807) is 0 Å². The summed E-state index contributed by atoms with van der Waals surface area (Å²) in [5.74, 6) is -0.475. The Balaban J connectivity index is 3.09. The molecule has 0 saturated carbocycles. The smallest absolute Gasteiger partial charge is 0.345 e. The molecule has 1 amide bonds. The van der Waals surface area contributed by atoms with Crippen LogP contribution in [0.3, 0.4) is 0 Å². The van der Waals surface area contributed by atoms with E-state index in [-0.39, 0.29) is 5.56 Å². The van der Waals surface area contributed by atoms with E-state index in [1.807, 2.05) is 0 Å². The molecule has 1 radical (unpaired) electrons. The Kier molecular flexibility index (Phi) is 3.02. The molecule has 0 N–H and O–H groups in total. The summed E-state index contributed by atoms with van der Waals surface area (Å²) in [6, 6.07) is 5.17. The number of carbonyl (C=O) groups excluding carboxylic acids is 1. The second kappa shape index (κ2) is 3.92. The number of benzene rings is 1. The molecule has 81 valence electrons. The Labute approximate surface area is 85.3 Å². The van der Waals surface area contributed by atoms with Crippen molar-refractivity contribution in [1.82, 2.24) is 4.90 Å². The Morgan fingerprint density at radius 2 is 1.93 bits per heavy atom. The number of carbonyl (C=O) groups is 1. The average molecular weight is 216 g/mol. The lowest BCUT2D eigenvalue weighted by Gasteiger charge is -2.12. The van der Waals surface area contributed by atoms with E-state index in [1.165, 1.54) is 25.1 Å². The summed E-state index contributed by atoms with van der Waals surface area (Å²) in [5, 5.41) is 0. The third kappa shape index (κ3) is 2.71. The molecule has 0 aliphatic heterocycles. The van der Waals surface area contributed by atoms with Crippen LogP contribution in [0.1, 0.15) is 15.9 Å². The van der Waals surface area contributed by atoms with Crippen LogP contribution in [0.5, 0.6) is 0 Å². The molecule has 15 heavy (non-hydrogen) atoms. The average Bonchev–Trinajstić information content (AvgIpc) is 2.15. The summed E-state index contributed by atoms with van der Waals surface area (Å²) in [5.41, 5.74) is -0.884. The summed E-state index contributed by atoms with van der Waals surface area (Å²) >= 11 is 0. The third-order valence-electron chi connectivity index (χ3n) is 1.77. The maximum Gasteiger partial charge on any atom is 0.416 e. The van der Waals surface area contributed by atoms with Crippen LogP contribution in [0.2, 0.25) is 0 Å². The minimum absolute atomic E-state index is 0.0187. The largest absolute Gasteiger partial charge is 0.416 e. The van der Waals surface area contributed by atoms with Gasteiger partial charge in [-0.25, -0.2) is 0 Å². The molecule has 0 aliphatic rings. The zero-order chi connectivity index (χ0) is 11.6. The summed E-state index contributed by atoms with van der Waals surface area (Å²) in [4.78, 5) is 12.6. The fourth-order valence-corrected chi connectivity index (χ4v) is 1.02. The standard InChI is InChI=1S/C10H9F3NO/c1-14(2)9(15)7-4-3-5-8(6-7)10(11,12)13/h4-6H,1-2H3. The van der Waals surface area contributed by atoms with Crippen LogP contribution < -0.4 is 0 Å². The number of alkyl halides is 3. The van der Waals surface area contributed by atoms with Gasteiger partial charge in [0.1, 0.15) is 0 Å². The summed E-state index contributed by atoms with van der Waals surface area (Å²) < 4.78 is 36.9. The molecule has 2 nitrogen and oxygen atoms in total. The molecule has 0 heterocycles. The van der Waals surface area contributed by atoms with Gasteiger partial charge in [-0.2, -0.15) is 13.2 Å². The first-order valence-electron chi connectivity index (χ1n) is 4.12. The lowest BCUT2D eigenvalue weighted by molar-refractivity contribution is -0.137. The Bertz CT molecular complexity index is 371. The normalized spacial score (nSPS) is 11.3. The molecular formula is C10H9F3NO. The molecule has 0 atom stereocenters. The molecule has 0 aromatic heterocycles. The predicted molar refractivity (Wildman–Crippen MR) is 48.3 cm³/mol. The minimum atomic E-state index is -4.45. The highest BCUT2D eigenvalue weighted by molar-refractivity contribution is 5.94. The van der Waals surface area contributed by atoms with Crippen molar-refractivity contribution < 1.29 is 18.0 Å². The Morgan fingerprint density at radius 1 is 1.33 bits per heavy atom. The number of nitrogens with zero attached hydrogens (tertiary/aromatic N) is 1. The van der Waals surface area contributed by atoms with Crippen LogP contribution in [0.4, 0.5) is 13.2 Å². The van der Waals surface area contributed by atoms with Gasteiger partial charge in [0.15, 0.2) is 0 Å². The molecule has 1 aromatic rings. The van der Waals surface area contributed by atoms with Crippen molar-refractivity contribution in [3.63, 3.8) is 0 Å². The lowest BCUT2D eigenvalue weighted by atomic mass is 10.1. The van der Waals surface area contributed by atoms with Gasteiger partial charge in [-0.3, -0.25) is 4.79 Å². The van der Waals surface area contributed by atoms with E-state index < -0.39 is 17.6 Å². The zero-order valence-corrected chi connectivity index (χ0v) is 8.22. The van der Waals surface area contributed by atoms with Gasteiger partial charge in [0.2, 0.25) is 0 Å². The maximum absolute atomic E-state index is 12.3. The van der Waals surface area contributed by atoms with Gasteiger partial charge in [-0.15, -0.1) is 0 Å².